The molecule has 0 aliphatic heterocycles. The van der Waals surface area contributed by atoms with E-state index < -0.39 is 0 Å². The van der Waals surface area contributed by atoms with Crippen LogP contribution >= 0.6 is 0 Å². The number of nitrogens with two attached hydrogens (primary N) is 1. The van der Waals surface area contributed by atoms with Crippen molar-refractivity contribution < 1.29 is 9.53 Å². The summed E-state index contributed by atoms with van der Waals surface area (Å²) in [5, 5.41) is 3.03. The molecule has 2 aliphatic rings. The molecule has 2 aliphatic carbocycles. The van der Waals surface area contributed by atoms with E-state index >= 15 is 0 Å². The molecule has 0 radical (unpaired) electrons. The lowest BCUT2D eigenvalue weighted by Crippen LogP contribution is -2.35. The summed E-state index contributed by atoms with van der Waals surface area (Å²) in [4.78, 5) is 11.7. The lowest BCUT2D eigenvalue weighted by molar-refractivity contribution is -0.123. The van der Waals surface area contributed by atoms with Crippen LogP contribution in [0.25, 0.3) is 0 Å². The number of carbonyl (C=O) groups excluding carboxylic acids is 1. The van der Waals surface area contributed by atoms with Crippen LogP contribution < -0.4 is 11.1 Å². The number of amides is 1. The summed E-state index contributed by atoms with van der Waals surface area (Å²) >= 11 is 0. The highest BCUT2D eigenvalue weighted by molar-refractivity contribution is 5.76. The van der Waals surface area contributed by atoms with Crippen LogP contribution in [0.2, 0.25) is 0 Å². The standard InChI is InChI=1S/C13H24N2O2/c1-17-12(7-14)6-13(16)15-8-11-5-9-2-3-10(11)4-9/h9-12H,2-8,14H2,1H3,(H,15,16). The highest BCUT2D eigenvalue weighted by Crippen LogP contribution is 2.47. The second kappa shape index (κ2) is 5.83. The molecule has 3 N–H and O–H groups in total. The zero-order valence-electron chi connectivity index (χ0n) is 10.7. The number of methoxy groups -OCH3 is 1. The Morgan fingerprint density at radius 3 is 2.82 bits per heavy atom. The third-order valence-electron chi connectivity index (χ3n) is 4.46. The maximum absolute atomic E-state index is 11.7. The van der Waals surface area contributed by atoms with Gasteiger partial charge < -0.3 is 15.8 Å². The predicted octanol–water partition coefficient (Wildman–Crippen LogP) is 0.903. The second-order valence-corrected chi connectivity index (χ2v) is 5.54. The van der Waals surface area contributed by atoms with Crippen LogP contribution in [0, 0.1) is 17.8 Å². The van der Waals surface area contributed by atoms with Crippen molar-refractivity contribution in [3.8, 4) is 0 Å². The van der Waals surface area contributed by atoms with E-state index in [0.29, 0.717) is 13.0 Å². The number of rotatable bonds is 6. The van der Waals surface area contributed by atoms with Gasteiger partial charge in [0.1, 0.15) is 0 Å². The van der Waals surface area contributed by atoms with E-state index in [1.165, 1.54) is 25.7 Å². The first-order valence-electron chi connectivity index (χ1n) is 6.72. The minimum atomic E-state index is -0.143. The van der Waals surface area contributed by atoms with E-state index in [4.69, 9.17) is 10.5 Å². The van der Waals surface area contributed by atoms with Gasteiger partial charge in [0.2, 0.25) is 5.91 Å². The maximum Gasteiger partial charge on any atom is 0.222 e. The molecule has 2 fully saturated rings. The first-order chi connectivity index (χ1) is 8.22. The summed E-state index contributed by atoms with van der Waals surface area (Å²) in [6.45, 7) is 1.25. The van der Waals surface area contributed by atoms with Crippen LogP contribution in [0.5, 0.6) is 0 Å². The first-order valence-corrected chi connectivity index (χ1v) is 6.72. The smallest absolute Gasteiger partial charge is 0.222 e. The Kier molecular flexibility index (Phi) is 4.40. The van der Waals surface area contributed by atoms with Crippen molar-refractivity contribution in [3.63, 3.8) is 0 Å². The summed E-state index contributed by atoms with van der Waals surface area (Å²) < 4.78 is 5.11. The Morgan fingerprint density at radius 1 is 1.47 bits per heavy atom. The minimum Gasteiger partial charge on any atom is -0.380 e. The molecule has 1 amide bonds. The molecule has 4 heteroatoms. The van der Waals surface area contributed by atoms with E-state index in [2.05, 4.69) is 5.32 Å². The SMILES string of the molecule is COC(CN)CC(=O)NCC1CC2CCC1C2. The maximum atomic E-state index is 11.7. The molecule has 2 rings (SSSR count). The summed E-state index contributed by atoms with van der Waals surface area (Å²) in [5.74, 6) is 2.60. The summed E-state index contributed by atoms with van der Waals surface area (Å²) in [5.41, 5.74) is 5.49. The van der Waals surface area contributed by atoms with Crippen LogP contribution in [0.3, 0.4) is 0 Å². The predicted molar refractivity (Wildman–Crippen MR) is 66.4 cm³/mol. The molecule has 0 heterocycles. The average molecular weight is 240 g/mol. The van der Waals surface area contributed by atoms with E-state index in [1.54, 1.807) is 7.11 Å². The van der Waals surface area contributed by atoms with Gasteiger partial charge in [-0.15, -0.1) is 0 Å². The van der Waals surface area contributed by atoms with Crippen molar-refractivity contribution in [1.29, 1.82) is 0 Å². The van der Waals surface area contributed by atoms with Crippen molar-refractivity contribution in [1.82, 2.24) is 5.32 Å². The molecular formula is C13H24N2O2. The molecular weight excluding hydrogens is 216 g/mol. The zero-order valence-corrected chi connectivity index (χ0v) is 10.7. The van der Waals surface area contributed by atoms with E-state index in [9.17, 15) is 4.79 Å². The van der Waals surface area contributed by atoms with Gasteiger partial charge in [-0.3, -0.25) is 4.79 Å². The third-order valence-corrected chi connectivity index (χ3v) is 4.46. The molecule has 0 saturated heterocycles. The van der Waals surface area contributed by atoms with Crippen molar-refractivity contribution in [3.05, 3.63) is 0 Å². The monoisotopic (exact) mass is 240 g/mol. The van der Waals surface area contributed by atoms with Gasteiger partial charge in [0.05, 0.1) is 12.5 Å². The molecule has 0 aromatic rings. The number of hydrogen-bond donors (Lipinski definition) is 2. The summed E-state index contributed by atoms with van der Waals surface area (Å²) in [6.07, 6.45) is 5.73. The van der Waals surface area contributed by atoms with Crippen molar-refractivity contribution in [2.45, 2.75) is 38.2 Å². The molecule has 2 bridgehead atoms. The van der Waals surface area contributed by atoms with Gasteiger partial charge in [-0.25, -0.2) is 0 Å². The van der Waals surface area contributed by atoms with E-state index in [1.807, 2.05) is 0 Å². The van der Waals surface area contributed by atoms with Crippen LogP contribution in [-0.4, -0.2) is 32.2 Å². The van der Waals surface area contributed by atoms with Gasteiger partial charge >= 0.3 is 0 Å². The second-order valence-electron chi connectivity index (χ2n) is 5.54. The highest BCUT2D eigenvalue weighted by atomic mass is 16.5. The van der Waals surface area contributed by atoms with Crippen LogP contribution in [0.4, 0.5) is 0 Å². The molecule has 4 atom stereocenters. The van der Waals surface area contributed by atoms with Gasteiger partial charge in [-0.2, -0.15) is 0 Å². The van der Waals surface area contributed by atoms with Crippen LogP contribution in [0.15, 0.2) is 0 Å². The fourth-order valence-corrected chi connectivity index (χ4v) is 3.41. The van der Waals surface area contributed by atoms with Gasteiger partial charge in [0.15, 0.2) is 0 Å². The fourth-order valence-electron chi connectivity index (χ4n) is 3.41. The lowest BCUT2D eigenvalue weighted by atomic mass is 9.89. The van der Waals surface area contributed by atoms with Gasteiger partial charge in [-0.1, -0.05) is 6.42 Å². The molecule has 4 nitrogen and oxygen atoms in total. The van der Waals surface area contributed by atoms with Crippen molar-refractivity contribution >= 4 is 5.91 Å². The molecule has 0 aromatic heterocycles. The first kappa shape index (κ1) is 12.8. The minimum absolute atomic E-state index is 0.0741. The van der Waals surface area contributed by atoms with Crippen molar-refractivity contribution in [2.75, 3.05) is 20.2 Å². The summed E-state index contributed by atoms with van der Waals surface area (Å²) in [6, 6.07) is 0. The van der Waals surface area contributed by atoms with E-state index in [0.717, 1.165) is 24.3 Å². The van der Waals surface area contributed by atoms with Crippen LogP contribution in [0.1, 0.15) is 32.1 Å². The number of carbonyl (C=O) groups is 1. The third kappa shape index (κ3) is 3.19. The van der Waals surface area contributed by atoms with Gasteiger partial charge in [-0.05, 0) is 37.0 Å². The quantitative estimate of drug-likeness (QED) is 0.725. The molecule has 17 heavy (non-hydrogen) atoms. The highest BCUT2D eigenvalue weighted by Gasteiger charge is 2.39. The molecule has 2 saturated carbocycles. The van der Waals surface area contributed by atoms with Gasteiger partial charge in [0, 0.05) is 20.2 Å². The molecule has 0 aromatic carbocycles. The topological polar surface area (TPSA) is 64.3 Å². The molecule has 0 spiro atoms. The summed E-state index contributed by atoms with van der Waals surface area (Å²) in [7, 11) is 1.60. The number of fused-ring (bicyclic) bond motifs is 2. The van der Waals surface area contributed by atoms with Crippen molar-refractivity contribution in [2.24, 2.45) is 23.5 Å². The average Bonchev–Trinajstić information content (AvgIpc) is 2.95. The molecule has 4 unspecified atom stereocenters. The normalized spacial score (nSPS) is 32.7. The lowest BCUT2D eigenvalue weighted by Gasteiger charge is -2.22. The number of hydrogen-bond acceptors (Lipinski definition) is 3. The Bertz CT molecular complexity index is 266. The zero-order chi connectivity index (χ0) is 12.3. The number of ether oxygens (including phenoxy) is 1. The molecule has 98 valence electrons. The number of nitrogens with one attached hydrogen (secondary N) is 1. The largest absolute Gasteiger partial charge is 0.380 e. The fraction of sp³-hybridized carbons (Fsp3) is 0.923. The van der Waals surface area contributed by atoms with Gasteiger partial charge in [0.25, 0.3) is 0 Å². The Morgan fingerprint density at radius 2 is 2.29 bits per heavy atom. The Hall–Kier alpha value is -0.610. The van der Waals surface area contributed by atoms with Crippen LogP contribution in [-0.2, 0) is 9.53 Å². The Labute approximate surface area is 103 Å². The Balaban J connectivity index is 1.66. The van der Waals surface area contributed by atoms with E-state index in [-0.39, 0.29) is 12.0 Å².